The molecular formula is C13H20N2. The summed E-state index contributed by atoms with van der Waals surface area (Å²) in [4.78, 5) is 0. The van der Waals surface area contributed by atoms with E-state index in [0.717, 1.165) is 13.1 Å². The summed E-state index contributed by atoms with van der Waals surface area (Å²) in [6.45, 7) is 5.48. The van der Waals surface area contributed by atoms with Crippen molar-refractivity contribution in [2.45, 2.75) is 32.4 Å². The van der Waals surface area contributed by atoms with Gasteiger partial charge in [-0.05, 0) is 37.4 Å². The Morgan fingerprint density at radius 2 is 2.27 bits per heavy atom. The number of aryl methyl sites for hydroxylation is 1. The average Bonchev–Trinajstić information content (AvgIpc) is 2.29. The number of rotatable bonds is 3. The fourth-order valence-electron chi connectivity index (χ4n) is 2.09. The molecule has 1 aromatic carbocycles. The summed E-state index contributed by atoms with van der Waals surface area (Å²) in [5.74, 6) is 0. The van der Waals surface area contributed by atoms with Gasteiger partial charge in [-0.1, -0.05) is 24.3 Å². The molecule has 1 fully saturated rings. The molecule has 2 nitrogen and oxygen atoms in total. The van der Waals surface area contributed by atoms with Gasteiger partial charge < -0.3 is 10.6 Å². The van der Waals surface area contributed by atoms with Crippen molar-refractivity contribution in [3.8, 4) is 0 Å². The van der Waals surface area contributed by atoms with Crippen LogP contribution in [0.15, 0.2) is 24.3 Å². The molecule has 1 aromatic rings. The molecular weight excluding hydrogens is 184 g/mol. The van der Waals surface area contributed by atoms with E-state index in [1.807, 2.05) is 0 Å². The molecule has 1 heterocycles. The van der Waals surface area contributed by atoms with E-state index in [9.17, 15) is 0 Å². The Morgan fingerprint density at radius 3 is 3.00 bits per heavy atom. The molecule has 0 aromatic heterocycles. The largest absolute Gasteiger partial charge is 0.315 e. The van der Waals surface area contributed by atoms with Crippen LogP contribution in [0.25, 0.3) is 0 Å². The zero-order chi connectivity index (χ0) is 10.5. The van der Waals surface area contributed by atoms with E-state index in [2.05, 4.69) is 41.8 Å². The summed E-state index contributed by atoms with van der Waals surface area (Å²) in [5.41, 5.74) is 2.80. The van der Waals surface area contributed by atoms with Gasteiger partial charge in [0.15, 0.2) is 0 Å². The molecule has 0 radical (unpaired) electrons. The quantitative estimate of drug-likeness (QED) is 0.785. The Balaban J connectivity index is 1.84. The normalized spacial score (nSPS) is 21.5. The predicted molar refractivity (Wildman–Crippen MR) is 63.9 cm³/mol. The molecule has 1 saturated heterocycles. The van der Waals surface area contributed by atoms with E-state index < -0.39 is 0 Å². The third-order valence-electron chi connectivity index (χ3n) is 3.14. The predicted octanol–water partition coefficient (Wildman–Crippen LogP) is 1.84. The van der Waals surface area contributed by atoms with Crippen molar-refractivity contribution in [3.63, 3.8) is 0 Å². The lowest BCUT2D eigenvalue weighted by Gasteiger charge is -2.24. The molecule has 0 aliphatic carbocycles. The molecule has 2 heteroatoms. The van der Waals surface area contributed by atoms with Crippen LogP contribution < -0.4 is 10.6 Å². The number of hydrogen-bond donors (Lipinski definition) is 2. The van der Waals surface area contributed by atoms with Crippen LogP contribution in [0.5, 0.6) is 0 Å². The summed E-state index contributed by atoms with van der Waals surface area (Å²) in [6.07, 6.45) is 2.60. The first kappa shape index (κ1) is 10.7. The maximum Gasteiger partial charge on any atom is 0.0211 e. The van der Waals surface area contributed by atoms with E-state index in [0.29, 0.717) is 6.04 Å². The van der Waals surface area contributed by atoms with Crippen LogP contribution in [-0.2, 0) is 6.54 Å². The Hall–Kier alpha value is -0.860. The zero-order valence-corrected chi connectivity index (χ0v) is 9.42. The molecule has 1 aliphatic heterocycles. The van der Waals surface area contributed by atoms with Gasteiger partial charge in [0.1, 0.15) is 0 Å². The smallest absolute Gasteiger partial charge is 0.0211 e. The van der Waals surface area contributed by atoms with Crippen LogP contribution >= 0.6 is 0 Å². The standard InChI is InChI=1S/C13H20N2/c1-11-5-2-3-6-12(11)9-15-13-7-4-8-14-10-13/h2-3,5-6,13-15H,4,7-10H2,1H3/t13-/m0/s1. The molecule has 1 aliphatic rings. The van der Waals surface area contributed by atoms with Gasteiger partial charge in [-0.2, -0.15) is 0 Å². The maximum absolute atomic E-state index is 3.62. The van der Waals surface area contributed by atoms with Crippen LogP contribution in [0.4, 0.5) is 0 Å². The summed E-state index contributed by atoms with van der Waals surface area (Å²) in [5, 5.41) is 7.04. The van der Waals surface area contributed by atoms with Crippen molar-refractivity contribution in [2.24, 2.45) is 0 Å². The van der Waals surface area contributed by atoms with Gasteiger partial charge in [-0.3, -0.25) is 0 Å². The van der Waals surface area contributed by atoms with Crippen LogP contribution in [0.1, 0.15) is 24.0 Å². The second-order valence-electron chi connectivity index (χ2n) is 4.35. The van der Waals surface area contributed by atoms with Gasteiger partial charge in [0.25, 0.3) is 0 Å². The topological polar surface area (TPSA) is 24.1 Å². The highest BCUT2D eigenvalue weighted by atomic mass is 15.0. The third kappa shape index (κ3) is 3.05. The molecule has 15 heavy (non-hydrogen) atoms. The fourth-order valence-corrected chi connectivity index (χ4v) is 2.09. The summed E-state index contributed by atoms with van der Waals surface area (Å²) in [7, 11) is 0. The minimum Gasteiger partial charge on any atom is -0.315 e. The molecule has 2 N–H and O–H groups in total. The van der Waals surface area contributed by atoms with E-state index in [-0.39, 0.29) is 0 Å². The highest BCUT2D eigenvalue weighted by Gasteiger charge is 2.11. The third-order valence-corrected chi connectivity index (χ3v) is 3.14. The van der Waals surface area contributed by atoms with Crippen LogP contribution in [0.3, 0.4) is 0 Å². The Bertz CT molecular complexity index is 303. The van der Waals surface area contributed by atoms with Crippen molar-refractivity contribution >= 4 is 0 Å². The van der Waals surface area contributed by atoms with Crippen molar-refractivity contribution in [2.75, 3.05) is 13.1 Å². The first-order valence-corrected chi connectivity index (χ1v) is 5.85. The SMILES string of the molecule is Cc1ccccc1CN[C@H]1CCCNC1. The van der Waals surface area contributed by atoms with E-state index >= 15 is 0 Å². The molecule has 82 valence electrons. The summed E-state index contributed by atoms with van der Waals surface area (Å²) < 4.78 is 0. The second kappa shape index (κ2) is 5.29. The maximum atomic E-state index is 3.62. The first-order chi connectivity index (χ1) is 7.36. The second-order valence-corrected chi connectivity index (χ2v) is 4.35. The molecule has 0 unspecified atom stereocenters. The molecule has 2 rings (SSSR count). The molecule has 0 saturated carbocycles. The van der Waals surface area contributed by atoms with Crippen molar-refractivity contribution < 1.29 is 0 Å². The van der Waals surface area contributed by atoms with Gasteiger partial charge in [0, 0.05) is 19.1 Å². The molecule has 0 bridgehead atoms. The van der Waals surface area contributed by atoms with Gasteiger partial charge in [-0.25, -0.2) is 0 Å². The van der Waals surface area contributed by atoms with Gasteiger partial charge >= 0.3 is 0 Å². The molecule has 0 amide bonds. The molecule has 0 spiro atoms. The Labute approximate surface area is 92.1 Å². The van der Waals surface area contributed by atoms with Crippen LogP contribution in [-0.4, -0.2) is 19.1 Å². The van der Waals surface area contributed by atoms with Crippen molar-refractivity contribution in [1.82, 2.24) is 10.6 Å². The fraction of sp³-hybridized carbons (Fsp3) is 0.538. The number of nitrogens with one attached hydrogen (secondary N) is 2. The number of benzene rings is 1. The Morgan fingerprint density at radius 1 is 1.40 bits per heavy atom. The number of hydrogen-bond acceptors (Lipinski definition) is 2. The minimum absolute atomic E-state index is 0.651. The lowest BCUT2D eigenvalue weighted by Crippen LogP contribution is -2.42. The van der Waals surface area contributed by atoms with Gasteiger partial charge in [0.2, 0.25) is 0 Å². The minimum atomic E-state index is 0.651. The van der Waals surface area contributed by atoms with Crippen LogP contribution in [0, 0.1) is 6.92 Å². The summed E-state index contributed by atoms with van der Waals surface area (Å²) >= 11 is 0. The molecule has 1 atom stereocenters. The Kier molecular flexibility index (Phi) is 3.75. The highest BCUT2D eigenvalue weighted by Crippen LogP contribution is 2.08. The highest BCUT2D eigenvalue weighted by molar-refractivity contribution is 5.25. The van der Waals surface area contributed by atoms with E-state index in [1.165, 1.54) is 30.5 Å². The van der Waals surface area contributed by atoms with Crippen molar-refractivity contribution in [3.05, 3.63) is 35.4 Å². The number of piperidine rings is 1. The average molecular weight is 204 g/mol. The van der Waals surface area contributed by atoms with E-state index in [4.69, 9.17) is 0 Å². The summed E-state index contributed by atoms with van der Waals surface area (Å²) in [6, 6.07) is 9.25. The van der Waals surface area contributed by atoms with E-state index in [1.54, 1.807) is 0 Å². The monoisotopic (exact) mass is 204 g/mol. The first-order valence-electron chi connectivity index (χ1n) is 5.85. The van der Waals surface area contributed by atoms with Gasteiger partial charge in [0.05, 0.1) is 0 Å². The lowest BCUT2D eigenvalue weighted by molar-refractivity contribution is 0.389. The van der Waals surface area contributed by atoms with Gasteiger partial charge in [-0.15, -0.1) is 0 Å². The van der Waals surface area contributed by atoms with Crippen LogP contribution in [0.2, 0.25) is 0 Å². The van der Waals surface area contributed by atoms with Crippen molar-refractivity contribution in [1.29, 1.82) is 0 Å². The zero-order valence-electron chi connectivity index (χ0n) is 9.42. The lowest BCUT2D eigenvalue weighted by atomic mass is 10.1.